The number of nitrogens with one attached hydrogen (secondary N) is 1. The van der Waals surface area contributed by atoms with Crippen molar-refractivity contribution in [3.63, 3.8) is 0 Å². The van der Waals surface area contributed by atoms with Gasteiger partial charge in [-0.3, -0.25) is 9.59 Å². The van der Waals surface area contributed by atoms with Gasteiger partial charge < -0.3 is 10.4 Å². The van der Waals surface area contributed by atoms with E-state index in [9.17, 15) is 9.59 Å². The Morgan fingerprint density at radius 1 is 1.25 bits per heavy atom. The minimum absolute atomic E-state index is 0.0657. The van der Waals surface area contributed by atoms with E-state index in [4.69, 9.17) is 5.11 Å². The molecule has 0 bridgehead atoms. The fraction of sp³-hybridized carbons (Fsp3) is 0.467. The summed E-state index contributed by atoms with van der Waals surface area (Å²) in [5, 5.41) is 11.9. The first-order chi connectivity index (χ1) is 9.66. The Bertz CT molecular complexity index is 463. The fourth-order valence-electron chi connectivity index (χ4n) is 2.51. The molecular weight excluding hydrogens is 274 g/mol. The van der Waals surface area contributed by atoms with Gasteiger partial charge in [0.25, 0.3) is 0 Å². The number of carbonyl (C=O) groups excluding carboxylic acids is 1. The molecule has 2 N–H and O–H groups in total. The molecule has 0 spiro atoms. The van der Waals surface area contributed by atoms with E-state index in [0.29, 0.717) is 12.2 Å². The van der Waals surface area contributed by atoms with Crippen molar-refractivity contribution in [2.45, 2.75) is 31.1 Å². The third-order valence-corrected chi connectivity index (χ3v) is 4.53. The van der Waals surface area contributed by atoms with Gasteiger partial charge in [0.1, 0.15) is 0 Å². The maximum absolute atomic E-state index is 11.8. The van der Waals surface area contributed by atoms with Crippen molar-refractivity contribution >= 4 is 23.6 Å². The number of hydrogen-bond acceptors (Lipinski definition) is 3. The van der Waals surface area contributed by atoms with Crippen LogP contribution in [-0.2, 0) is 15.3 Å². The van der Waals surface area contributed by atoms with Gasteiger partial charge in [-0.25, -0.2) is 0 Å². The van der Waals surface area contributed by atoms with E-state index in [-0.39, 0.29) is 11.9 Å². The Balaban J connectivity index is 1.71. The zero-order valence-corrected chi connectivity index (χ0v) is 12.1. The third kappa shape index (κ3) is 4.27. The lowest BCUT2D eigenvalue weighted by atomic mass is 10.0. The molecule has 1 aliphatic carbocycles. The summed E-state index contributed by atoms with van der Waals surface area (Å²) < 4.78 is 0. The lowest BCUT2D eigenvalue weighted by Gasteiger charge is -2.17. The van der Waals surface area contributed by atoms with E-state index in [1.54, 1.807) is 11.8 Å². The second-order valence-electron chi connectivity index (χ2n) is 5.03. The molecule has 1 aromatic carbocycles. The van der Waals surface area contributed by atoms with Crippen molar-refractivity contribution in [1.29, 1.82) is 0 Å². The number of amides is 1. The summed E-state index contributed by atoms with van der Waals surface area (Å²) in [6, 6.07) is 9.78. The smallest absolute Gasteiger partial charge is 0.308 e. The minimum atomic E-state index is -0.801. The Hall–Kier alpha value is -1.49. The molecule has 1 aromatic rings. The maximum Gasteiger partial charge on any atom is 0.308 e. The van der Waals surface area contributed by atoms with Crippen LogP contribution in [0.1, 0.15) is 24.8 Å². The number of aliphatic carboxylic acids is 1. The van der Waals surface area contributed by atoms with Crippen molar-refractivity contribution in [3.05, 3.63) is 35.9 Å². The minimum Gasteiger partial charge on any atom is -0.481 e. The van der Waals surface area contributed by atoms with E-state index in [1.807, 2.05) is 30.3 Å². The summed E-state index contributed by atoms with van der Waals surface area (Å²) in [7, 11) is 0. The van der Waals surface area contributed by atoms with E-state index in [1.165, 1.54) is 5.56 Å². The molecular formula is C15H19NO3S. The molecule has 108 valence electrons. The number of rotatable bonds is 6. The monoisotopic (exact) mass is 293 g/mol. The zero-order chi connectivity index (χ0) is 14.4. The van der Waals surface area contributed by atoms with Gasteiger partial charge >= 0.3 is 5.97 Å². The highest BCUT2D eigenvalue weighted by molar-refractivity contribution is 7.99. The largest absolute Gasteiger partial charge is 0.481 e. The number of carboxylic acid groups (broad SMARTS) is 1. The first-order valence-electron chi connectivity index (χ1n) is 6.80. The number of carbonyl (C=O) groups is 2. The van der Waals surface area contributed by atoms with Crippen LogP contribution >= 0.6 is 11.8 Å². The van der Waals surface area contributed by atoms with E-state index < -0.39 is 11.9 Å². The van der Waals surface area contributed by atoms with Crippen LogP contribution in [-0.4, -0.2) is 28.8 Å². The lowest BCUT2D eigenvalue weighted by Crippen LogP contribution is -2.41. The van der Waals surface area contributed by atoms with Crippen molar-refractivity contribution < 1.29 is 14.7 Å². The standard InChI is InChI=1S/C15H19NO3S/c17-14(10-20-9-11-5-2-1-3-6-11)16-13-8-4-7-12(13)15(18)19/h1-3,5-6,12-13H,4,7-10H2,(H,16,17)(H,18,19). The van der Waals surface area contributed by atoms with Crippen LogP contribution < -0.4 is 5.32 Å². The molecule has 2 atom stereocenters. The van der Waals surface area contributed by atoms with Gasteiger partial charge in [0.05, 0.1) is 11.7 Å². The van der Waals surface area contributed by atoms with Gasteiger partial charge in [-0.1, -0.05) is 36.8 Å². The Morgan fingerprint density at radius 2 is 2.00 bits per heavy atom. The first kappa shape index (κ1) is 14.9. The average Bonchev–Trinajstić information content (AvgIpc) is 2.88. The quantitative estimate of drug-likeness (QED) is 0.844. The summed E-state index contributed by atoms with van der Waals surface area (Å²) in [5.74, 6) is -0.120. The Morgan fingerprint density at radius 3 is 2.70 bits per heavy atom. The van der Waals surface area contributed by atoms with Gasteiger partial charge in [-0.15, -0.1) is 11.8 Å². The van der Waals surface area contributed by atoms with Crippen molar-refractivity contribution in [2.24, 2.45) is 5.92 Å². The fourth-order valence-corrected chi connectivity index (χ4v) is 3.31. The Labute approximate surface area is 123 Å². The van der Waals surface area contributed by atoms with Gasteiger partial charge in [-0.2, -0.15) is 0 Å². The normalized spacial score (nSPS) is 21.6. The lowest BCUT2D eigenvalue weighted by molar-refractivity contribution is -0.142. The molecule has 0 radical (unpaired) electrons. The third-order valence-electron chi connectivity index (χ3n) is 3.52. The molecule has 2 rings (SSSR count). The van der Waals surface area contributed by atoms with Crippen molar-refractivity contribution in [3.8, 4) is 0 Å². The molecule has 0 heterocycles. The number of hydrogen-bond donors (Lipinski definition) is 2. The molecule has 2 unspecified atom stereocenters. The summed E-state index contributed by atoms with van der Waals surface area (Å²) in [4.78, 5) is 22.9. The predicted octanol–water partition coefficient (Wildman–Crippen LogP) is 2.29. The van der Waals surface area contributed by atoms with Crippen molar-refractivity contribution in [2.75, 3.05) is 5.75 Å². The van der Waals surface area contributed by atoms with Crippen LogP contribution in [0.4, 0.5) is 0 Å². The molecule has 1 aliphatic rings. The summed E-state index contributed by atoms with van der Waals surface area (Å²) in [6.07, 6.45) is 2.31. The van der Waals surface area contributed by atoms with Crippen LogP contribution in [0.25, 0.3) is 0 Å². The van der Waals surface area contributed by atoms with Gasteiger partial charge in [0, 0.05) is 11.8 Å². The number of carboxylic acids is 1. The highest BCUT2D eigenvalue weighted by Crippen LogP contribution is 2.26. The molecule has 0 saturated heterocycles. The summed E-state index contributed by atoms with van der Waals surface area (Å²) in [6.45, 7) is 0. The second kappa shape index (κ2) is 7.33. The molecule has 1 amide bonds. The summed E-state index contributed by atoms with van der Waals surface area (Å²) in [5.41, 5.74) is 1.19. The maximum atomic E-state index is 11.8. The Kier molecular flexibility index (Phi) is 5.47. The van der Waals surface area contributed by atoms with E-state index in [0.717, 1.165) is 18.6 Å². The zero-order valence-electron chi connectivity index (χ0n) is 11.2. The van der Waals surface area contributed by atoms with Crippen LogP contribution in [0.15, 0.2) is 30.3 Å². The predicted molar refractivity (Wildman–Crippen MR) is 79.5 cm³/mol. The molecule has 5 heteroatoms. The number of benzene rings is 1. The molecule has 0 aliphatic heterocycles. The van der Waals surface area contributed by atoms with Crippen LogP contribution in [0.2, 0.25) is 0 Å². The summed E-state index contributed by atoms with van der Waals surface area (Å²) >= 11 is 1.55. The highest BCUT2D eigenvalue weighted by Gasteiger charge is 2.33. The van der Waals surface area contributed by atoms with Crippen LogP contribution in [0, 0.1) is 5.92 Å². The van der Waals surface area contributed by atoms with E-state index in [2.05, 4.69) is 5.32 Å². The topological polar surface area (TPSA) is 66.4 Å². The average molecular weight is 293 g/mol. The van der Waals surface area contributed by atoms with Crippen LogP contribution in [0.3, 0.4) is 0 Å². The highest BCUT2D eigenvalue weighted by atomic mass is 32.2. The number of thioether (sulfide) groups is 1. The first-order valence-corrected chi connectivity index (χ1v) is 7.96. The van der Waals surface area contributed by atoms with Crippen molar-refractivity contribution in [1.82, 2.24) is 5.32 Å². The van der Waals surface area contributed by atoms with Gasteiger partial charge in [0.15, 0.2) is 0 Å². The molecule has 4 nitrogen and oxygen atoms in total. The molecule has 1 saturated carbocycles. The van der Waals surface area contributed by atoms with E-state index >= 15 is 0 Å². The van der Waals surface area contributed by atoms with Crippen LogP contribution in [0.5, 0.6) is 0 Å². The molecule has 0 aromatic heterocycles. The second-order valence-corrected chi connectivity index (χ2v) is 6.01. The SMILES string of the molecule is O=C(CSCc1ccccc1)NC1CCCC1C(=O)O. The molecule has 1 fully saturated rings. The van der Waals surface area contributed by atoms with Gasteiger partial charge in [0.2, 0.25) is 5.91 Å². The molecule has 20 heavy (non-hydrogen) atoms. The van der Waals surface area contributed by atoms with Gasteiger partial charge in [-0.05, 0) is 18.4 Å².